The van der Waals surface area contributed by atoms with Crippen LogP contribution in [-0.4, -0.2) is 13.1 Å². The fourth-order valence-electron chi connectivity index (χ4n) is 1.80. The van der Waals surface area contributed by atoms with Crippen molar-refractivity contribution in [1.82, 2.24) is 5.32 Å². The maximum absolute atomic E-state index is 13.2. The molecule has 1 saturated heterocycles. The molecule has 1 fully saturated rings. The van der Waals surface area contributed by atoms with Gasteiger partial charge in [-0.05, 0) is 43.0 Å². The Morgan fingerprint density at radius 3 is 2.92 bits per heavy atom. The summed E-state index contributed by atoms with van der Waals surface area (Å²) in [6, 6.07) is 5.58. The number of hydrogen-bond donors (Lipinski definition) is 1. The number of halogens is 1. The SMILES string of the molecule is Cc1ccc(C2CCNC2)cc1F. The molecule has 1 N–H and O–H groups in total. The first-order valence-corrected chi connectivity index (χ1v) is 4.74. The summed E-state index contributed by atoms with van der Waals surface area (Å²) < 4.78 is 13.2. The van der Waals surface area contributed by atoms with Crippen LogP contribution in [0.15, 0.2) is 18.2 Å². The van der Waals surface area contributed by atoms with Gasteiger partial charge in [-0.3, -0.25) is 0 Å². The van der Waals surface area contributed by atoms with Gasteiger partial charge in [0.15, 0.2) is 0 Å². The third kappa shape index (κ3) is 1.73. The molecule has 0 amide bonds. The van der Waals surface area contributed by atoms with E-state index in [2.05, 4.69) is 5.32 Å². The van der Waals surface area contributed by atoms with Crippen LogP contribution in [0.4, 0.5) is 4.39 Å². The molecule has 0 radical (unpaired) electrons. The highest BCUT2D eigenvalue weighted by Crippen LogP contribution is 2.23. The van der Waals surface area contributed by atoms with E-state index < -0.39 is 0 Å². The van der Waals surface area contributed by atoms with Gasteiger partial charge in [-0.25, -0.2) is 4.39 Å². The first-order chi connectivity index (χ1) is 6.27. The van der Waals surface area contributed by atoms with Gasteiger partial charge >= 0.3 is 0 Å². The topological polar surface area (TPSA) is 12.0 Å². The smallest absolute Gasteiger partial charge is 0.126 e. The molecule has 1 nitrogen and oxygen atoms in total. The van der Waals surface area contributed by atoms with Crippen molar-refractivity contribution in [3.63, 3.8) is 0 Å². The molecular formula is C11H14FN. The average Bonchev–Trinajstić information content (AvgIpc) is 2.62. The minimum Gasteiger partial charge on any atom is -0.316 e. The van der Waals surface area contributed by atoms with E-state index in [1.54, 1.807) is 13.0 Å². The number of rotatable bonds is 1. The van der Waals surface area contributed by atoms with E-state index in [0.29, 0.717) is 5.92 Å². The van der Waals surface area contributed by atoms with Crippen LogP contribution < -0.4 is 5.32 Å². The monoisotopic (exact) mass is 179 g/mol. The van der Waals surface area contributed by atoms with Gasteiger partial charge in [0.2, 0.25) is 0 Å². The Hall–Kier alpha value is -0.890. The van der Waals surface area contributed by atoms with E-state index in [0.717, 1.165) is 30.6 Å². The number of hydrogen-bond acceptors (Lipinski definition) is 1. The summed E-state index contributed by atoms with van der Waals surface area (Å²) in [7, 11) is 0. The van der Waals surface area contributed by atoms with Gasteiger partial charge < -0.3 is 5.32 Å². The maximum Gasteiger partial charge on any atom is 0.126 e. The van der Waals surface area contributed by atoms with E-state index >= 15 is 0 Å². The molecule has 0 saturated carbocycles. The standard InChI is InChI=1S/C11H14FN/c1-8-2-3-9(6-11(8)12)10-4-5-13-7-10/h2-3,6,10,13H,4-5,7H2,1H3. The van der Waals surface area contributed by atoms with E-state index in [1.807, 2.05) is 12.1 Å². The minimum atomic E-state index is -0.0793. The normalized spacial score (nSPS) is 22.2. The van der Waals surface area contributed by atoms with Crippen molar-refractivity contribution in [3.8, 4) is 0 Å². The van der Waals surface area contributed by atoms with Gasteiger partial charge in [0.05, 0.1) is 0 Å². The van der Waals surface area contributed by atoms with Crippen LogP contribution >= 0.6 is 0 Å². The van der Waals surface area contributed by atoms with Crippen molar-refractivity contribution < 1.29 is 4.39 Å². The van der Waals surface area contributed by atoms with Crippen molar-refractivity contribution in [2.24, 2.45) is 0 Å². The Morgan fingerprint density at radius 2 is 2.31 bits per heavy atom. The third-order valence-corrected chi connectivity index (χ3v) is 2.73. The molecule has 2 rings (SSSR count). The summed E-state index contributed by atoms with van der Waals surface area (Å²) in [5.74, 6) is 0.430. The Balaban J connectivity index is 2.25. The molecule has 0 aliphatic carbocycles. The minimum absolute atomic E-state index is 0.0793. The lowest BCUT2D eigenvalue weighted by atomic mass is 9.97. The molecule has 1 aromatic carbocycles. The highest BCUT2D eigenvalue weighted by molar-refractivity contribution is 5.27. The van der Waals surface area contributed by atoms with E-state index in [9.17, 15) is 4.39 Å². The van der Waals surface area contributed by atoms with Crippen LogP contribution in [0.2, 0.25) is 0 Å². The molecule has 0 bridgehead atoms. The highest BCUT2D eigenvalue weighted by Gasteiger charge is 2.16. The molecule has 1 unspecified atom stereocenters. The molecule has 1 heterocycles. The molecule has 1 atom stereocenters. The van der Waals surface area contributed by atoms with Gasteiger partial charge in [-0.15, -0.1) is 0 Å². The van der Waals surface area contributed by atoms with Gasteiger partial charge in [0, 0.05) is 6.54 Å². The second kappa shape index (κ2) is 3.46. The number of aryl methyl sites for hydroxylation is 1. The molecule has 13 heavy (non-hydrogen) atoms. The quantitative estimate of drug-likeness (QED) is 0.697. The predicted molar refractivity (Wildman–Crippen MR) is 51.4 cm³/mol. The summed E-state index contributed by atoms with van der Waals surface area (Å²) in [6.45, 7) is 3.84. The number of benzene rings is 1. The zero-order valence-electron chi connectivity index (χ0n) is 7.81. The second-order valence-corrected chi connectivity index (χ2v) is 3.70. The molecule has 1 aromatic rings. The molecule has 1 aliphatic heterocycles. The van der Waals surface area contributed by atoms with Crippen LogP contribution in [0.5, 0.6) is 0 Å². The lowest BCUT2D eigenvalue weighted by Gasteiger charge is -2.09. The summed E-state index contributed by atoms with van der Waals surface area (Å²) in [5.41, 5.74) is 1.86. The van der Waals surface area contributed by atoms with Crippen molar-refractivity contribution in [2.45, 2.75) is 19.3 Å². The highest BCUT2D eigenvalue weighted by atomic mass is 19.1. The maximum atomic E-state index is 13.2. The van der Waals surface area contributed by atoms with Crippen LogP contribution in [0.1, 0.15) is 23.5 Å². The molecule has 0 spiro atoms. The first kappa shape index (κ1) is 8.70. The van der Waals surface area contributed by atoms with Crippen molar-refractivity contribution in [3.05, 3.63) is 35.1 Å². The van der Waals surface area contributed by atoms with Crippen LogP contribution in [0.25, 0.3) is 0 Å². The van der Waals surface area contributed by atoms with Gasteiger partial charge in [0.25, 0.3) is 0 Å². The molecule has 0 aromatic heterocycles. The van der Waals surface area contributed by atoms with Crippen LogP contribution in [-0.2, 0) is 0 Å². The first-order valence-electron chi connectivity index (χ1n) is 4.74. The Morgan fingerprint density at radius 1 is 1.46 bits per heavy atom. The summed E-state index contributed by atoms with van der Waals surface area (Å²) >= 11 is 0. The summed E-state index contributed by atoms with van der Waals surface area (Å²) in [5, 5.41) is 3.28. The Kier molecular flexibility index (Phi) is 2.32. The van der Waals surface area contributed by atoms with Crippen molar-refractivity contribution >= 4 is 0 Å². The molecular weight excluding hydrogens is 165 g/mol. The molecule has 1 aliphatic rings. The van der Waals surface area contributed by atoms with Crippen molar-refractivity contribution in [2.75, 3.05) is 13.1 Å². The summed E-state index contributed by atoms with van der Waals surface area (Å²) in [6.07, 6.45) is 1.13. The fraction of sp³-hybridized carbons (Fsp3) is 0.455. The zero-order valence-corrected chi connectivity index (χ0v) is 7.81. The lowest BCUT2D eigenvalue weighted by molar-refractivity contribution is 0.612. The van der Waals surface area contributed by atoms with Crippen LogP contribution in [0, 0.1) is 12.7 Å². The van der Waals surface area contributed by atoms with Crippen LogP contribution in [0.3, 0.4) is 0 Å². The van der Waals surface area contributed by atoms with Gasteiger partial charge in [0.1, 0.15) is 5.82 Å². The zero-order chi connectivity index (χ0) is 9.26. The Labute approximate surface area is 78.0 Å². The lowest BCUT2D eigenvalue weighted by Crippen LogP contribution is -2.08. The third-order valence-electron chi connectivity index (χ3n) is 2.73. The molecule has 70 valence electrons. The predicted octanol–water partition coefficient (Wildman–Crippen LogP) is 2.21. The molecule has 2 heteroatoms. The fourth-order valence-corrected chi connectivity index (χ4v) is 1.80. The van der Waals surface area contributed by atoms with Crippen molar-refractivity contribution in [1.29, 1.82) is 0 Å². The largest absolute Gasteiger partial charge is 0.316 e. The summed E-state index contributed by atoms with van der Waals surface area (Å²) in [4.78, 5) is 0. The van der Waals surface area contributed by atoms with E-state index in [1.165, 1.54) is 0 Å². The average molecular weight is 179 g/mol. The van der Waals surface area contributed by atoms with E-state index in [4.69, 9.17) is 0 Å². The number of nitrogens with one attached hydrogen (secondary N) is 1. The Bertz CT molecular complexity index is 303. The van der Waals surface area contributed by atoms with Gasteiger partial charge in [-0.2, -0.15) is 0 Å². The van der Waals surface area contributed by atoms with Gasteiger partial charge in [-0.1, -0.05) is 12.1 Å². The van der Waals surface area contributed by atoms with E-state index in [-0.39, 0.29) is 5.82 Å². The second-order valence-electron chi connectivity index (χ2n) is 3.70.